The van der Waals surface area contributed by atoms with Gasteiger partial charge in [0.2, 0.25) is 0 Å². The van der Waals surface area contributed by atoms with Crippen molar-refractivity contribution in [2.24, 2.45) is 0 Å². The quantitative estimate of drug-likeness (QED) is 0.154. The monoisotopic (exact) mass is 1140 g/mol. The van der Waals surface area contributed by atoms with Crippen LogP contribution in [0.5, 0.6) is 0 Å². The maximum absolute atomic E-state index is 9.58. The first-order valence-electron chi connectivity index (χ1n) is 37.9. The fourth-order valence-electron chi connectivity index (χ4n) is 13.1. The highest BCUT2D eigenvalue weighted by Crippen LogP contribution is 2.48. The number of anilines is 6. The second-order valence-corrected chi connectivity index (χ2v) is 27.6. The lowest BCUT2D eigenvalue weighted by atomic mass is 9.33. The summed E-state index contributed by atoms with van der Waals surface area (Å²) in [6.45, 7) is 25.9. The standard InChI is InChI=1S/C82H75BN4/c1-79(2,3)56-42-54(43-57(48-56)80(4,5)6)52-24-21-26-60(46-52)86-74-36-23-37-75-78(74)83(68-40-38-62(50-76(68)86)84-70-32-17-13-28-64(70)65-29-14-18-33-71(65)84)69-41-39-63(85-72-34-19-15-30-66(72)67-31-16-20-35-73(67)85)51-77(69)87(75)61-27-22-25-53(47-61)55-44-58(81(7,8)9)49-59(45-55)82(10,11)12/h13-51H,1-12H3/i13D,14D,15D,16D,17D,18D,19D,20D,28D,29D,30D,31D,32D,33D,34D,35D. The fourth-order valence-corrected chi connectivity index (χ4v) is 13.1. The zero-order chi connectivity index (χ0) is 74.0. The molecule has 0 unspecified atom stereocenters. The SMILES string of the molecule is [2H]c1c([2H])c([2H])c2c(c1[2H])c1c([2H])c([2H])c([2H])c([2H])c1n2-c1ccc2c(c1)N(c1cccc(-c3cc(C(C)(C)C)cc(C(C)(C)C)c3)c1)c1cccc3c1B2c1ccc(-n2c4c([2H])c([2H])c([2H])c([2H])c4c4c([2H])c([2H])c([2H])c([2H])c42)cc1N3c1cccc(-c2cc(C(C)(C)C)cc(C(C)(C)C)c2)c1. The molecule has 5 heteroatoms. The number of fused-ring (bicyclic) bond motifs is 10. The van der Waals surface area contributed by atoms with E-state index in [-0.39, 0.29) is 65.3 Å². The van der Waals surface area contributed by atoms with Crippen LogP contribution in [-0.4, -0.2) is 15.8 Å². The maximum Gasteiger partial charge on any atom is 0.252 e. The van der Waals surface area contributed by atoms with Gasteiger partial charge in [-0.2, -0.15) is 0 Å². The zero-order valence-electron chi connectivity index (χ0n) is 67.1. The van der Waals surface area contributed by atoms with Crippen molar-refractivity contribution in [1.82, 2.24) is 9.13 Å². The van der Waals surface area contributed by atoms with Crippen LogP contribution in [-0.2, 0) is 21.7 Å². The number of hydrogen-bond donors (Lipinski definition) is 0. The van der Waals surface area contributed by atoms with E-state index >= 15 is 0 Å². The highest BCUT2D eigenvalue weighted by Gasteiger charge is 2.44. The molecule has 0 fully saturated rings. The van der Waals surface area contributed by atoms with Gasteiger partial charge in [-0.1, -0.05) is 234 Å². The predicted molar refractivity (Wildman–Crippen MR) is 375 cm³/mol. The number of benzene rings is 11. The van der Waals surface area contributed by atoms with Gasteiger partial charge in [0.1, 0.15) is 0 Å². The molecule has 2 aromatic heterocycles. The number of rotatable bonds is 6. The average molecular weight is 1140 g/mol. The van der Waals surface area contributed by atoms with E-state index in [0.717, 1.165) is 61.4 Å². The van der Waals surface area contributed by atoms with Crippen molar-refractivity contribution >= 4 is 101 Å². The van der Waals surface area contributed by atoms with E-state index in [4.69, 9.17) is 11.0 Å². The summed E-state index contributed by atoms with van der Waals surface area (Å²) in [4.78, 5) is 4.40. The summed E-state index contributed by atoms with van der Waals surface area (Å²) in [6, 6.07) is 40.2. The Hall–Kier alpha value is -9.32. The third-order valence-corrected chi connectivity index (χ3v) is 17.7. The van der Waals surface area contributed by atoms with Crippen LogP contribution in [0.3, 0.4) is 0 Å². The molecular weight excluding hydrogens is 1050 g/mol. The molecule has 0 amide bonds. The van der Waals surface area contributed by atoms with Crippen LogP contribution in [0.4, 0.5) is 34.1 Å². The van der Waals surface area contributed by atoms with E-state index < -0.39 is 103 Å². The van der Waals surface area contributed by atoms with E-state index in [2.05, 4.69) is 178 Å². The van der Waals surface area contributed by atoms with Crippen LogP contribution in [0, 0.1) is 0 Å². The minimum atomic E-state index is -0.630. The lowest BCUT2D eigenvalue weighted by molar-refractivity contribution is 0.568. The summed E-state index contributed by atoms with van der Waals surface area (Å²) in [5, 5.41) is -0.206. The van der Waals surface area contributed by atoms with E-state index in [9.17, 15) is 11.0 Å². The number of aromatic nitrogens is 2. The summed E-state index contributed by atoms with van der Waals surface area (Å²) in [5.41, 5.74) is 15.1. The van der Waals surface area contributed by atoms with Crippen molar-refractivity contribution in [3.63, 3.8) is 0 Å². The Labute approximate surface area is 536 Å². The Morgan fingerprint density at radius 1 is 0.299 bits per heavy atom. The van der Waals surface area contributed by atoms with Crippen LogP contribution in [0.15, 0.2) is 236 Å². The van der Waals surface area contributed by atoms with Gasteiger partial charge in [0.05, 0.1) is 44.0 Å². The van der Waals surface area contributed by atoms with Crippen molar-refractivity contribution in [3.8, 4) is 33.6 Å². The molecule has 0 bridgehead atoms. The van der Waals surface area contributed by atoms with Crippen LogP contribution in [0.25, 0.3) is 77.2 Å². The lowest BCUT2D eigenvalue weighted by Gasteiger charge is -2.44. The molecule has 0 aliphatic carbocycles. The van der Waals surface area contributed by atoms with Crippen LogP contribution < -0.4 is 26.2 Å². The summed E-state index contributed by atoms with van der Waals surface area (Å²) in [6.07, 6.45) is 0. The first-order chi connectivity index (χ1) is 48.3. The zero-order valence-corrected chi connectivity index (χ0v) is 51.1. The van der Waals surface area contributed by atoms with Crippen molar-refractivity contribution < 1.29 is 21.9 Å². The Morgan fingerprint density at radius 2 is 0.621 bits per heavy atom. The molecule has 87 heavy (non-hydrogen) atoms. The van der Waals surface area contributed by atoms with Gasteiger partial charge in [-0.25, -0.2) is 0 Å². The molecule has 0 saturated heterocycles. The third kappa shape index (κ3) is 8.94. The van der Waals surface area contributed by atoms with E-state index in [1.807, 2.05) is 54.6 Å². The first kappa shape index (κ1) is 39.4. The molecule has 2 aliphatic rings. The summed E-state index contributed by atoms with van der Waals surface area (Å²) >= 11 is 0. The lowest BCUT2D eigenvalue weighted by Crippen LogP contribution is -2.61. The van der Waals surface area contributed by atoms with Crippen LogP contribution in [0.1, 0.15) is 127 Å². The molecule has 13 aromatic rings. The summed E-state index contributed by atoms with van der Waals surface area (Å²) in [7, 11) is 0. The maximum atomic E-state index is 9.58. The van der Waals surface area contributed by atoms with Crippen molar-refractivity contribution in [2.45, 2.75) is 105 Å². The smallest absolute Gasteiger partial charge is 0.252 e. The van der Waals surface area contributed by atoms with Crippen molar-refractivity contribution in [2.75, 3.05) is 9.80 Å². The molecule has 2 aliphatic heterocycles. The largest absolute Gasteiger partial charge is 0.311 e. The van der Waals surface area contributed by atoms with E-state index in [0.29, 0.717) is 22.7 Å². The molecule has 0 N–H and O–H groups in total. The Bertz CT molecular complexity index is 5350. The molecular formula is C82H75BN4. The Balaban J connectivity index is 1.07. The molecule has 0 spiro atoms. The highest BCUT2D eigenvalue weighted by atomic mass is 15.2. The molecule has 426 valence electrons. The highest BCUT2D eigenvalue weighted by molar-refractivity contribution is 7.00. The van der Waals surface area contributed by atoms with Gasteiger partial charge in [-0.05, 0) is 167 Å². The normalized spacial score (nSPS) is 16.0. The Morgan fingerprint density at radius 3 is 0.954 bits per heavy atom. The van der Waals surface area contributed by atoms with Crippen molar-refractivity contribution in [1.29, 1.82) is 0 Å². The second-order valence-electron chi connectivity index (χ2n) is 27.6. The van der Waals surface area contributed by atoms with E-state index in [1.165, 1.54) is 22.3 Å². The van der Waals surface area contributed by atoms with E-state index in [1.54, 1.807) is 9.13 Å². The van der Waals surface area contributed by atoms with Gasteiger partial charge < -0.3 is 18.9 Å². The second kappa shape index (κ2) is 19.6. The minimum absolute atomic E-state index is 0.0265. The molecule has 15 rings (SSSR count). The van der Waals surface area contributed by atoms with Gasteiger partial charge in [-0.15, -0.1) is 0 Å². The van der Waals surface area contributed by atoms with Gasteiger partial charge in [0.25, 0.3) is 6.71 Å². The number of nitrogens with zero attached hydrogens (tertiary/aromatic N) is 4. The first-order valence-corrected chi connectivity index (χ1v) is 29.9. The van der Waals surface area contributed by atoms with Gasteiger partial charge in [0, 0.05) is 67.0 Å². The molecule has 0 atom stereocenters. The topological polar surface area (TPSA) is 16.3 Å². The average Bonchev–Trinajstić information content (AvgIpc) is 1.65. The van der Waals surface area contributed by atoms with Crippen molar-refractivity contribution in [3.05, 3.63) is 258 Å². The molecule has 11 aromatic carbocycles. The Kier molecular flexibility index (Phi) is 8.88. The molecule has 0 radical (unpaired) electrons. The van der Waals surface area contributed by atoms with Gasteiger partial charge in [-0.3, -0.25) is 0 Å². The summed E-state index contributed by atoms with van der Waals surface area (Å²) < 4.78 is 151. The predicted octanol–water partition coefficient (Wildman–Crippen LogP) is 20.5. The number of para-hydroxylation sites is 4. The molecule has 4 nitrogen and oxygen atoms in total. The minimum Gasteiger partial charge on any atom is -0.311 e. The van der Waals surface area contributed by atoms with Crippen LogP contribution >= 0.6 is 0 Å². The van der Waals surface area contributed by atoms with Gasteiger partial charge in [0.15, 0.2) is 0 Å². The summed E-state index contributed by atoms with van der Waals surface area (Å²) in [5.74, 6) is 0. The third-order valence-electron chi connectivity index (χ3n) is 17.7. The molecule has 0 saturated carbocycles. The van der Waals surface area contributed by atoms with Crippen LogP contribution in [0.2, 0.25) is 0 Å². The fraction of sp³-hybridized carbons (Fsp3) is 0.195. The van der Waals surface area contributed by atoms with Gasteiger partial charge >= 0.3 is 0 Å². The number of hydrogen-bond acceptors (Lipinski definition) is 2. The molecule has 4 heterocycles.